The second kappa shape index (κ2) is 15.4. The molecule has 7 rings (SSSR count). The first kappa shape index (κ1) is 39.0. The summed E-state index contributed by atoms with van der Waals surface area (Å²) in [6.07, 6.45) is 7.91. The second-order valence-corrected chi connectivity index (χ2v) is 17.7. The van der Waals surface area contributed by atoms with E-state index in [0.717, 1.165) is 5.39 Å². The first-order valence-electron chi connectivity index (χ1n) is 18.9. The molecule has 4 amide bonds. The van der Waals surface area contributed by atoms with E-state index < -0.39 is 74.3 Å². The summed E-state index contributed by atoms with van der Waals surface area (Å²) in [5.41, 5.74) is -2.38. The fourth-order valence-electron chi connectivity index (χ4n) is 7.13. The van der Waals surface area contributed by atoms with Gasteiger partial charge in [0.05, 0.1) is 18.9 Å². The lowest BCUT2D eigenvalue weighted by molar-refractivity contribution is -0.141. The van der Waals surface area contributed by atoms with Crippen LogP contribution in [0.15, 0.2) is 54.9 Å². The number of nitrogens with one attached hydrogen (secondary N) is 4. The van der Waals surface area contributed by atoms with Crippen LogP contribution >= 0.6 is 0 Å². The molecule has 1 aromatic carbocycles. The van der Waals surface area contributed by atoms with E-state index in [1.807, 2.05) is 24.3 Å². The molecule has 4 N–H and O–H groups in total. The molecule has 300 valence electrons. The molecule has 2 saturated carbocycles. The Hall–Kier alpha value is -5.23. The minimum absolute atomic E-state index is 0.00589. The first-order chi connectivity index (χ1) is 26.7. The SMILES string of the molecule is COc1ccc2c(OC3C[C@H]4C(=O)N[C@]5(C(=O)NS(=O)(=O)C6CC6)C[C@H]5/C=C\CCCNC[C@H](NC(=O)OC(C)(C)C)C(=O)N4C3)nc(-n3cccn3)cc2c1. The van der Waals surface area contributed by atoms with Crippen molar-refractivity contribution in [3.63, 3.8) is 0 Å². The number of amides is 4. The van der Waals surface area contributed by atoms with Gasteiger partial charge >= 0.3 is 6.09 Å². The van der Waals surface area contributed by atoms with E-state index in [9.17, 15) is 27.6 Å². The molecule has 0 spiro atoms. The van der Waals surface area contributed by atoms with Gasteiger partial charge in [-0.25, -0.2) is 17.9 Å². The average Bonchev–Trinajstić information content (AvgIpc) is 4.00. The number of methoxy groups -OCH3 is 1. The number of carbonyl (C=O) groups excluding carboxylic acids is 4. The van der Waals surface area contributed by atoms with Gasteiger partial charge in [-0.1, -0.05) is 12.2 Å². The summed E-state index contributed by atoms with van der Waals surface area (Å²) < 4.78 is 47.0. The van der Waals surface area contributed by atoms with Crippen LogP contribution in [0, 0.1) is 5.92 Å². The van der Waals surface area contributed by atoms with Gasteiger partial charge in [-0.15, -0.1) is 0 Å². The highest BCUT2D eigenvalue weighted by Gasteiger charge is 2.62. The Kier molecular flexibility index (Phi) is 10.7. The summed E-state index contributed by atoms with van der Waals surface area (Å²) in [6, 6.07) is 6.70. The van der Waals surface area contributed by atoms with Crippen LogP contribution in [0.1, 0.15) is 59.3 Å². The van der Waals surface area contributed by atoms with Gasteiger partial charge < -0.3 is 35.1 Å². The number of pyridine rings is 1. The van der Waals surface area contributed by atoms with E-state index in [-0.39, 0.29) is 31.8 Å². The van der Waals surface area contributed by atoms with Crippen molar-refractivity contribution < 1.29 is 41.8 Å². The Morgan fingerprint density at radius 2 is 1.93 bits per heavy atom. The van der Waals surface area contributed by atoms with Crippen molar-refractivity contribution in [1.29, 1.82) is 0 Å². The highest BCUT2D eigenvalue weighted by molar-refractivity contribution is 7.91. The van der Waals surface area contributed by atoms with Gasteiger partial charge in [-0.05, 0) is 95.1 Å². The third kappa shape index (κ3) is 8.60. The smallest absolute Gasteiger partial charge is 0.408 e. The standard InChI is InChI=1S/C38H48N8O9S/c1-37(2,3)55-36(50)41-29-21-39-14-7-5-6-9-24-20-38(24,35(49)44-56(51,52)27-11-12-27)43-32(47)30-19-26(22-45(30)34(29)48)54-33-28-13-10-25(53-4)17-23(28)18-31(42-33)46-16-8-15-40-46/h6,8-10,13,15-18,24,26-27,29-30,39H,5,7,11-12,14,19-22H2,1-4H3,(H,41,50)(H,43,47)(H,44,49)/b9-6-/t24-,26?,29+,30+,38-/m1/s1. The summed E-state index contributed by atoms with van der Waals surface area (Å²) in [7, 11) is -2.35. The van der Waals surface area contributed by atoms with Crippen molar-refractivity contribution in [2.45, 2.75) is 93.9 Å². The Bertz CT molecular complexity index is 2130. The Morgan fingerprint density at radius 3 is 2.64 bits per heavy atom. The molecule has 4 heterocycles. The van der Waals surface area contributed by atoms with E-state index >= 15 is 0 Å². The molecule has 0 radical (unpaired) electrons. The van der Waals surface area contributed by atoms with Crippen LogP contribution in [-0.2, 0) is 29.1 Å². The van der Waals surface area contributed by atoms with Crippen molar-refractivity contribution in [3.05, 3.63) is 54.9 Å². The van der Waals surface area contributed by atoms with Gasteiger partial charge in [0.25, 0.3) is 5.91 Å². The van der Waals surface area contributed by atoms with Crippen LogP contribution in [0.4, 0.5) is 4.79 Å². The summed E-state index contributed by atoms with van der Waals surface area (Å²) in [4.78, 5) is 61.9. The summed E-state index contributed by atoms with van der Waals surface area (Å²) in [5.74, 6) is -1.20. The normalized spacial score (nSPS) is 26.5. The van der Waals surface area contributed by atoms with Gasteiger partial charge in [0.2, 0.25) is 27.7 Å². The lowest BCUT2D eigenvalue weighted by atomic mass is 10.1. The molecule has 2 aliphatic heterocycles. The molecule has 0 bridgehead atoms. The van der Waals surface area contributed by atoms with Crippen LogP contribution in [0.3, 0.4) is 0 Å². The van der Waals surface area contributed by atoms with Crippen molar-refractivity contribution in [1.82, 2.24) is 40.3 Å². The molecule has 4 aliphatic rings. The predicted molar refractivity (Wildman–Crippen MR) is 203 cm³/mol. The molecule has 18 heteroatoms. The second-order valence-electron chi connectivity index (χ2n) is 15.7. The van der Waals surface area contributed by atoms with Gasteiger partial charge in [0.15, 0.2) is 5.82 Å². The molecule has 56 heavy (non-hydrogen) atoms. The number of rotatable bonds is 8. The molecule has 3 aromatic rings. The van der Waals surface area contributed by atoms with Crippen LogP contribution < -0.4 is 30.1 Å². The Balaban J connectivity index is 1.22. The average molecular weight is 793 g/mol. The lowest BCUT2D eigenvalue weighted by Gasteiger charge is -2.30. The fraction of sp³-hybridized carbons (Fsp3) is 0.526. The quantitative estimate of drug-likeness (QED) is 0.242. The van der Waals surface area contributed by atoms with E-state index in [1.165, 1.54) is 4.90 Å². The largest absolute Gasteiger partial charge is 0.497 e. The minimum atomic E-state index is -3.92. The summed E-state index contributed by atoms with van der Waals surface area (Å²) in [6.45, 7) is 5.60. The number of ether oxygens (including phenoxy) is 3. The number of hydrogen-bond donors (Lipinski definition) is 4. The van der Waals surface area contributed by atoms with Crippen LogP contribution in [0.25, 0.3) is 16.6 Å². The lowest BCUT2D eigenvalue weighted by Crippen LogP contribution is -2.59. The Morgan fingerprint density at radius 1 is 1.12 bits per heavy atom. The maximum absolute atomic E-state index is 14.5. The van der Waals surface area contributed by atoms with Crippen LogP contribution in [0.5, 0.6) is 11.6 Å². The highest BCUT2D eigenvalue weighted by Crippen LogP contribution is 2.46. The monoisotopic (exact) mass is 792 g/mol. The number of carbonyl (C=O) groups is 4. The molecule has 5 atom stereocenters. The third-order valence-electron chi connectivity index (χ3n) is 10.3. The minimum Gasteiger partial charge on any atom is -0.497 e. The molecule has 2 aliphatic carbocycles. The number of fused-ring (bicyclic) bond motifs is 3. The number of benzene rings is 1. The molecule has 1 saturated heterocycles. The molecule has 2 aromatic heterocycles. The zero-order chi connectivity index (χ0) is 39.8. The highest BCUT2D eigenvalue weighted by atomic mass is 32.2. The van der Waals surface area contributed by atoms with Gasteiger partial charge in [-0.2, -0.15) is 10.1 Å². The number of alkyl carbamates (subject to hydrolysis) is 1. The van der Waals surface area contributed by atoms with Gasteiger partial charge in [0.1, 0.15) is 35.1 Å². The molecule has 3 fully saturated rings. The topological polar surface area (TPSA) is 212 Å². The number of nitrogens with zero attached hydrogens (tertiary/aromatic N) is 4. The summed E-state index contributed by atoms with van der Waals surface area (Å²) in [5, 5.41) is 13.9. The zero-order valence-electron chi connectivity index (χ0n) is 31.8. The molecule has 1 unspecified atom stereocenters. The maximum Gasteiger partial charge on any atom is 0.408 e. The van der Waals surface area contributed by atoms with Crippen molar-refractivity contribution in [3.8, 4) is 17.4 Å². The van der Waals surface area contributed by atoms with Crippen molar-refractivity contribution in [2.24, 2.45) is 5.92 Å². The predicted octanol–water partition coefficient (Wildman–Crippen LogP) is 2.09. The number of allylic oxidation sites excluding steroid dienone is 1. The first-order valence-corrected chi connectivity index (χ1v) is 20.4. The van der Waals surface area contributed by atoms with Crippen molar-refractivity contribution in [2.75, 3.05) is 26.7 Å². The van der Waals surface area contributed by atoms with Crippen LogP contribution in [-0.4, -0.2) is 113 Å². The summed E-state index contributed by atoms with van der Waals surface area (Å²) >= 11 is 0. The zero-order valence-corrected chi connectivity index (χ0v) is 32.6. The maximum atomic E-state index is 14.5. The number of aromatic nitrogens is 3. The van der Waals surface area contributed by atoms with E-state index in [1.54, 1.807) is 63.2 Å². The number of hydrogen-bond acceptors (Lipinski definition) is 12. The molecular formula is C38H48N8O9S. The fourth-order valence-corrected chi connectivity index (χ4v) is 8.49. The van der Waals surface area contributed by atoms with E-state index in [4.69, 9.17) is 19.2 Å². The van der Waals surface area contributed by atoms with E-state index in [2.05, 4.69) is 25.8 Å². The van der Waals surface area contributed by atoms with Gasteiger partial charge in [-0.3, -0.25) is 19.1 Å². The van der Waals surface area contributed by atoms with E-state index in [0.29, 0.717) is 49.2 Å². The number of sulfonamides is 1. The van der Waals surface area contributed by atoms with Gasteiger partial charge in [0, 0.05) is 36.7 Å². The molecule has 17 nitrogen and oxygen atoms in total. The van der Waals surface area contributed by atoms with Crippen molar-refractivity contribution >= 4 is 44.6 Å². The van der Waals surface area contributed by atoms with Crippen LogP contribution in [0.2, 0.25) is 0 Å². The third-order valence-corrected chi connectivity index (χ3v) is 12.1. The Labute approximate surface area is 324 Å². The molecular weight excluding hydrogens is 745 g/mol.